The van der Waals surface area contributed by atoms with Crippen molar-refractivity contribution in [3.8, 4) is 5.75 Å². The molecule has 12 heteroatoms. The van der Waals surface area contributed by atoms with Crippen LogP contribution in [0.1, 0.15) is 91.0 Å². The average molecular weight is 655 g/mol. The van der Waals surface area contributed by atoms with Crippen LogP contribution in [0.4, 0.5) is 4.79 Å². The standard InChI is InChI=1S/C35H50N4O8/c1-21(2)39(31(43)25(16-18-28(36)41)38-33(45)47-35(7,8)9)29(24-15-17-27(40)22(3)19-24)30(42)37-26(32(44)46-34(4,5)6)20-23-13-11-10-12-14-23/h10-15,17,19,21,25-26,29,40H,16,18,20H2,1-9H3,(H2,36,41)(H,37,42)(H,38,45). The van der Waals surface area contributed by atoms with Gasteiger partial charge < -0.3 is 35.8 Å². The van der Waals surface area contributed by atoms with Gasteiger partial charge in [0.15, 0.2) is 0 Å². The number of nitrogens with two attached hydrogens (primary N) is 1. The lowest BCUT2D eigenvalue weighted by Crippen LogP contribution is -2.56. The summed E-state index contributed by atoms with van der Waals surface area (Å²) in [5.41, 5.74) is 5.23. The summed E-state index contributed by atoms with van der Waals surface area (Å²) in [4.78, 5) is 68.0. The molecule has 0 heterocycles. The summed E-state index contributed by atoms with van der Waals surface area (Å²) in [7, 11) is 0. The van der Waals surface area contributed by atoms with E-state index >= 15 is 0 Å². The molecule has 3 atom stereocenters. The van der Waals surface area contributed by atoms with Gasteiger partial charge in [-0.1, -0.05) is 36.4 Å². The number of alkyl carbamates (subject to hydrolysis) is 1. The number of carbonyl (C=O) groups excluding carboxylic acids is 5. The van der Waals surface area contributed by atoms with Crippen LogP contribution in [0.2, 0.25) is 0 Å². The van der Waals surface area contributed by atoms with Crippen LogP contribution in [-0.4, -0.2) is 69.1 Å². The topological polar surface area (TPSA) is 177 Å². The second-order valence-corrected chi connectivity index (χ2v) is 13.8. The third-order valence-electron chi connectivity index (χ3n) is 6.83. The second kappa shape index (κ2) is 16.3. The summed E-state index contributed by atoms with van der Waals surface area (Å²) in [5.74, 6) is -2.75. The first-order valence-corrected chi connectivity index (χ1v) is 15.6. The highest BCUT2D eigenvalue weighted by Gasteiger charge is 2.40. The van der Waals surface area contributed by atoms with E-state index in [-0.39, 0.29) is 25.0 Å². The zero-order valence-electron chi connectivity index (χ0n) is 28.9. The van der Waals surface area contributed by atoms with E-state index in [1.54, 1.807) is 68.4 Å². The Morgan fingerprint density at radius 1 is 0.872 bits per heavy atom. The third-order valence-corrected chi connectivity index (χ3v) is 6.83. The molecule has 0 saturated carbocycles. The first-order chi connectivity index (χ1) is 21.7. The van der Waals surface area contributed by atoms with Crippen molar-refractivity contribution in [2.75, 3.05) is 0 Å². The molecule has 0 aromatic heterocycles. The number of hydrogen-bond acceptors (Lipinski definition) is 8. The van der Waals surface area contributed by atoms with Crippen molar-refractivity contribution in [3.63, 3.8) is 0 Å². The number of phenolic OH excluding ortho intramolecular Hbond substituents is 1. The zero-order chi connectivity index (χ0) is 35.7. The largest absolute Gasteiger partial charge is 0.508 e. The second-order valence-electron chi connectivity index (χ2n) is 13.8. The predicted octanol–water partition coefficient (Wildman–Crippen LogP) is 4.21. The molecule has 0 aliphatic heterocycles. The van der Waals surface area contributed by atoms with Gasteiger partial charge in [-0.3, -0.25) is 14.4 Å². The minimum atomic E-state index is -1.33. The van der Waals surface area contributed by atoms with Gasteiger partial charge in [-0.2, -0.15) is 0 Å². The van der Waals surface area contributed by atoms with Crippen molar-refractivity contribution in [1.82, 2.24) is 15.5 Å². The number of primary amides is 1. The SMILES string of the molecule is Cc1cc(C(C(=O)NC(Cc2ccccc2)C(=O)OC(C)(C)C)N(C(=O)C(CCC(N)=O)NC(=O)OC(C)(C)C)C(C)C)ccc1O. The number of aromatic hydroxyl groups is 1. The zero-order valence-corrected chi connectivity index (χ0v) is 28.9. The Labute approximate surface area is 277 Å². The maximum Gasteiger partial charge on any atom is 0.408 e. The van der Waals surface area contributed by atoms with Gasteiger partial charge in [0.25, 0.3) is 0 Å². The van der Waals surface area contributed by atoms with Crippen molar-refractivity contribution in [2.24, 2.45) is 5.73 Å². The molecule has 0 spiro atoms. The summed E-state index contributed by atoms with van der Waals surface area (Å²) in [6, 6.07) is 9.21. The highest BCUT2D eigenvalue weighted by molar-refractivity contribution is 5.94. The molecule has 2 rings (SSSR count). The molecule has 0 aliphatic rings. The molecule has 4 amide bonds. The average Bonchev–Trinajstić information content (AvgIpc) is 2.93. The number of carbonyl (C=O) groups is 5. The van der Waals surface area contributed by atoms with E-state index < -0.39 is 65.2 Å². The Morgan fingerprint density at radius 2 is 1.47 bits per heavy atom. The summed E-state index contributed by atoms with van der Waals surface area (Å²) in [5, 5.41) is 15.6. The quantitative estimate of drug-likeness (QED) is 0.232. The number of aryl methyl sites for hydroxylation is 1. The molecule has 0 saturated heterocycles. The van der Waals surface area contributed by atoms with Crippen LogP contribution in [0, 0.1) is 6.92 Å². The van der Waals surface area contributed by atoms with Gasteiger partial charge in [-0.15, -0.1) is 0 Å². The number of ether oxygens (including phenoxy) is 2. The van der Waals surface area contributed by atoms with Gasteiger partial charge in [0.1, 0.15) is 35.1 Å². The highest BCUT2D eigenvalue weighted by atomic mass is 16.6. The van der Waals surface area contributed by atoms with Crippen LogP contribution in [0.25, 0.3) is 0 Å². The van der Waals surface area contributed by atoms with Crippen LogP contribution < -0.4 is 16.4 Å². The fourth-order valence-corrected chi connectivity index (χ4v) is 4.81. The molecule has 0 bridgehead atoms. The minimum Gasteiger partial charge on any atom is -0.508 e. The minimum absolute atomic E-state index is 0.0167. The Morgan fingerprint density at radius 3 is 1.98 bits per heavy atom. The highest BCUT2D eigenvalue weighted by Crippen LogP contribution is 2.29. The van der Waals surface area contributed by atoms with Crippen LogP contribution in [-0.2, 0) is 35.1 Å². The lowest BCUT2D eigenvalue weighted by Gasteiger charge is -2.38. The van der Waals surface area contributed by atoms with Crippen LogP contribution in [0.5, 0.6) is 5.75 Å². The summed E-state index contributed by atoms with van der Waals surface area (Å²) in [6.45, 7) is 15.2. The van der Waals surface area contributed by atoms with Crippen molar-refractivity contribution < 1.29 is 38.6 Å². The first-order valence-electron chi connectivity index (χ1n) is 15.6. The van der Waals surface area contributed by atoms with Crippen molar-refractivity contribution in [1.29, 1.82) is 0 Å². The van der Waals surface area contributed by atoms with E-state index in [4.69, 9.17) is 15.2 Å². The fourth-order valence-electron chi connectivity index (χ4n) is 4.81. The predicted molar refractivity (Wildman–Crippen MR) is 177 cm³/mol. The van der Waals surface area contributed by atoms with Crippen LogP contribution in [0.15, 0.2) is 48.5 Å². The molecule has 3 unspecified atom stereocenters. The number of nitrogens with one attached hydrogen (secondary N) is 2. The van der Waals surface area contributed by atoms with Crippen molar-refractivity contribution >= 4 is 29.8 Å². The number of amides is 4. The Hall–Kier alpha value is -4.61. The Kier molecular flexibility index (Phi) is 13.4. The maximum atomic E-state index is 14.4. The Balaban J connectivity index is 2.64. The van der Waals surface area contributed by atoms with Gasteiger partial charge in [0, 0.05) is 18.9 Å². The maximum absolute atomic E-state index is 14.4. The first kappa shape index (κ1) is 38.6. The van der Waals surface area contributed by atoms with E-state index in [0.717, 1.165) is 5.56 Å². The molecule has 47 heavy (non-hydrogen) atoms. The molecule has 0 fully saturated rings. The Bertz CT molecular complexity index is 1410. The van der Waals surface area contributed by atoms with Gasteiger partial charge in [-0.25, -0.2) is 9.59 Å². The fraction of sp³-hybridized carbons (Fsp3) is 0.514. The third kappa shape index (κ3) is 12.6. The summed E-state index contributed by atoms with van der Waals surface area (Å²) in [6.07, 6.45) is -1.17. The molecule has 0 aliphatic carbocycles. The normalized spacial score (nSPS) is 13.6. The monoisotopic (exact) mass is 654 g/mol. The van der Waals surface area contributed by atoms with Crippen LogP contribution in [0.3, 0.4) is 0 Å². The molecular weight excluding hydrogens is 604 g/mol. The number of hydrogen-bond donors (Lipinski definition) is 4. The molecule has 2 aromatic rings. The van der Waals surface area contributed by atoms with E-state index in [1.807, 2.05) is 30.3 Å². The number of nitrogens with zero attached hydrogens (tertiary/aromatic N) is 1. The van der Waals surface area contributed by atoms with Gasteiger partial charge in [-0.05, 0) is 97.6 Å². The smallest absolute Gasteiger partial charge is 0.408 e. The van der Waals surface area contributed by atoms with Crippen molar-refractivity contribution in [2.45, 2.75) is 117 Å². The number of esters is 1. The molecule has 258 valence electrons. The molecular formula is C35H50N4O8. The molecule has 12 nitrogen and oxygen atoms in total. The lowest BCUT2D eigenvalue weighted by atomic mass is 9.97. The summed E-state index contributed by atoms with van der Waals surface area (Å²) >= 11 is 0. The molecule has 0 radical (unpaired) electrons. The van der Waals surface area contributed by atoms with Gasteiger partial charge >= 0.3 is 12.1 Å². The number of benzene rings is 2. The number of phenols is 1. The van der Waals surface area contributed by atoms with Crippen molar-refractivity contribution in [3.05, 3.63) is 65.2 Å². The van der Waals surface area contributed by atoms with Gasteiger partial charge in [0.05, 0.1) is 0 Å². The lowest BCUT2D eigenvalue weighted by molar-refractivity contribution is -0.159. The van der Waals surface area contributed by atoms with E-state index in [0.29, 0.717) is 11.1 Å². The molecule has 5 N–H and O–H groups in total. The molecule has 2 aromatic carbocycles. The van der Waals surface area contributed by atoms with E-state index in [9.17, 15) is 29.1 Å². The van der Waals surface area contributed by atoms with E-state index in [2.05, 4.69) is 10.6 Å². The van der Waals surface area contributed by atoms with Crippen LogP contribution >= 0.6 is 0 Å². The summed E-state index contributed by atoms with van der Waals surface area (Å²) < 4.78 is 11.0. The van der Waals surface area contributed by atoms with E-state index in [1.165, 1.54) is 17.0 Å². The van der Waals surface area contributed by atoms with Gasteiger partial charge in [0.2, 0.25) is 17.7 Å². The number of rotatable bonds is 13.